The molecule has 0 amide bonds. The second kappa shape index (κ2) is 5.80. The molecule has 4 nitrogen and oxygen atoms in total. The monoisotopic (exact) mass is 235 g/mol. The summed E-state index contributed by atoms with van der Waals surface area (Å²) in [6.45, 7) is 1.29. The summed E-state index contributed by atoms with van der Waals surface area (Å²) in [5.41, 5.74) is 1.21. The molecule has 0 spiro atoms. The van der Waals surface area contributed by atoms with Gasteiger partial charge in [-0.05, 0) is 18.4 Å². The van der Waals surface area contributed by atoms with E-state index < -0.39 is 12.1 Å². The SMILES string of the molecule is O=C(O)C1CC(NCc2ccccc2)CCO1. The lowest BCUT2D eigenvalue weighted by molar-refractivity contribution is -0.154. The first kappa shape index (κ1) is 12.1. The lowest BCUT2D eigenvalue weighted by Gasteiger charge is -2.27. The molecule has 1 heterocycles. The molecule has 2 rings (SSSR count). The van der Waals surface area contributed by atoms with Crippen LogP contribution in [0.5, 0.6) is 0 Å². The zero-order chi connectivity index (χ0) is 12.1. The van der Waals surface area contributed by atoms with Gasteiger partial charge in [0.25, 0.3) is 0 Å². The highest BCUT2D eigenvalue weighted by Gasteiger charge is 2.27. The predicted molar refractivity (Wildman–Crippen MR) is 63.7 cm³/mol. The van der Waals surface area contributed by atoms with Crippen molar-refractivity contribution in [3.05, 3.63) is 35.9 Å². The number of carbonyl (C=O) groups is 1. The van der Waals surface area contributed by atoms with E-state index in [2.05, 4.69) is 17.4 Å². The molecule has 0 saturated carbocycles. The highest BCUT2D eigenvalue weighted by atomic mass is 16.5. The molecule has 1 aliphatic heterocycles. The number of hydrogen-bond donors (Lipinski definition) is 2. The maximum absolute atomic E-state index is 10.8. The van der Waals surface area contributed by atoms with E-state index in [1.165, 1.54) is 5.56 Å². The van der Waals surface area contributed by atoms with Crippen LogP contribution in [0.2, 0.25) is 0 Å². The van der Waals surface area contributed by atoms with E-state index in [0.717, 1.165) is 13.0 Å². The number of hydrogen-bond acceptors (Lipinski definition) is 3. The van der Waals surface area contributed by atoms with Gasteiger partial charge in [-0.15, -0.1) is 0 Å². The smallest absolute Gasteiger partial charge is 0.332 e. The minimum Gasteiger partial charge on any atom is -0.479 e. The Bertz CT molecular complexity index is 366. The van der Waals surface area contributed by atoms with Crippen molar-refractivity contribution < 1.29 is 14.6 Å². The van der Waals surface area contributed by atoms with Gasteiger partial charge in [0.1, 0.15) is 0 Å². The summed E-state index contributed by atoms with van der Waals surface area (Å²) in [6, 6.07) is 10.3. The van der Waals surface area contributed by atoms with Crippen LogP contribution in [0, 0.1) is 0 Å². The average molecular weight is 235 g/mol. The molecule has 1 aliphatic rings. The Labute approximate surface area is 101 Å². The number of rotatable bonds is 4. The Morgan fingerprint density at radius 2 is 2.18 bits per heavy atom. The molecule has 0 radical (unpaired) electrons. The number of benzene rings is 1. The van der Waals surface area contributed by atoms with E-state index >= 15 is 0 Å². The summed E-state index contributed by atoms with van der Waals surface area (Å²) in [5, 5.41) is 12.3. The van der Waals surface area contributed by atoms with Crippen molar-refractivity contribution in [2.24, 2.45) is 0 Å². The van der Waals surface area contributed by atoms with Crippen LogP contribution in [-0.2, 0) is 16.1 Å². The van der Waals surface area contributed by atoms with Crippen LogP contribution < -0.4 is 5.32 Å². The Balaban J connectivity index is 1.81. The van der Waals surface area contributed by atoms with Gasteiger partial charge in [0.2, 0.25) is 0 Å². The highest BCUT2D eigenvalue weighted by Crippen LogP contribution is 2.14. The summed E-state index contributed by atoms with van der Waals surface area (Å²) in [6.07, 6.45) is 0.760. The van der Waals surface area contributed by atoms with Gasteiger partial charge in [-0.25, -0.2) is 4.79 Å². The molecule has 4 heteroatoms. The third-order valence-corrected chi connectivity index (χ3v) is 3.00. The summed E-state index contributed by atoms with van der Waals surface area (Å²) >= 11 is 0. The topological polar surface area (TPSA) is 58.6 Å². The fourth-order valence-corrected chi connectivity index (χ4v) is 2.01. The molecule has 1 saturated heterocycles. The standard InChI is InChI=1S/C13H17NO3/c15-13(16)12-8-11(6-7-17-12)14-9-10-4-2-1-3-5-10/h1-5,11-12,14H,6-9H2,(H,15,16). The summed E-state index contributed by atoms with van der Waals surface area (Å²) in [5.74, 6) is -0.865. The van der Waals surface area contributed by atoms with Gasteiger partial charge < -0.3 is 15.2 Å². The van der Waals surface area contributed by atoms with E-state index in [4.69, 9.17) is 9.84 Å². The van der Waals surface area contributed by atoms with Crippen LogP contribution >= 0.6 is 0 Å². The molecular weight excluding hydrogens is 218 g/mol. The molecule has 0 aromatic heterocycles. The Morgan fingerprint density at radius 1 is 1.41 bits per heavy atom. The second-order valence-electron chi connectivity index (χ2n) is 4.29. The quantitative estimate of drug-likeness (QED) is 0.828. The third-order valence-electron chi connectivity index (χ3n) is 3.00. The number of ether oxygens (including phenoxy) is 1. The van der Waals surface area contributed by atoms with Crippen LogP contribution in [0.1, 0.15) is 18.4 Å². The Morgan fingerprint density at radius 3 is 2.88 bits per heavy atom. The van der Waals surface area contributed by atoms with Crippen molar-refractivity contribution in [2.75, 3.05) is 6.61 Å². The van der Waals surface area contributed by atoms with Gasteiger partial charge in [0.05, 0.1) is 0 Å². The first-order chi connectivity index (χ1) is 8.25. The van der Waals surface area contributed by atoms with Gasteiger partial charge in [-0.2, -0.15) is 0 Å². The van der Waals surface area contributed by atoms with E-state index in [0.29, 0.717) is 13.0 Å². The van der Waals surface area contributed by atoms with Gasteiger partial charge >= 0.3 is 5.97 Å². The largest absolute Gasteiger partial charge is 0.479 e. The molecule has 2 atom stereocenters. The fourth-order valence-electron chi connectivity index (χ4n) is 2.01. The van der Waals surface area contributed by atoms with Crippen LogP contribution in [0.25, 0.3) is 0 Å². The van der Waals surface area contributed by atoms with Crippen LogP contribution in [0.3, 0.4) is 0 Å². The zero-order valence-electron chi connectivity index (χ0n) is 9.63. The minimum absolute atomic E-state index is 0.227. The van der Waals surface area contributed by atoms with Gasteiger partial charge in [0.15, 0.2) is 6.10 Å². The zero-order valence-corrected chi connectivity index (χ0v) is 9.63. The van der Waals surface area contributed by atoms with E-state index in [-0.39, 0.29) is 6.04 Å². The van der Waals surface area contributed by atoms with Crippen LogP contribution in [0.15, 0.2) is 30.3 Å². The first-order valence-electron chi connectivity index (χ1n) is 5.87. The van der Waals surface area contributed by atoms with Crippen molar-refractivity contribution in [2.45, 2.75) is 31.5 Å². The van der Waals surface area contributed by atoms with Crippen LogP contribution in [-0.4, -0.2) is 29.8 Å². The summed E-state index contributed by atoms with van der Waals surface area (Å²) in [4.78, 5) is 10.8. The lowest BCUT2D eigenvalue weighted by Crippen LogP contribution is -2.41. The molecule has 1 fully saturated rings. The number of carboxylic acids is 1. The normalized spacial score (nSPS) is 24.5. The van der Waals surface area contributed by atoms with E-state index in [1.807, 2.05) is 18.2 Å². The van der Waals surface area contributed by atoms with Gasteiger partial charge in [-0.3, -0.25) is 0 Å². The van der Waals surface area contributed by atoms with Crippen molar-refractivity contribution in [3.8, 4) is 0 Å². The molecule has 17 heavy (non-hydrogen) atoms. The molecule has 0 bridgehead atoms. The van der Waals surface area contributed by atoms with Crippen molar-refractivity contribution >= 4 is 5.97 Å². The van der Waals surface area contributed by atoms with Crippen LogP contribution in [0.4, 0.5) is 0 Å². The molecule has 2 N–H and O–H groups in total. The number of nitrogens with one attached hydrogen (secondary N) is 1. The number of carboxylic acid groups (broad SMARTS) is 1. The predicted octanol–water partition coefficient (Wildman–Crippen LogP) is 1.41. The molecule has 0 aliphatic carbocycles. The Kier molecular flexibility index (Phi) is 4.12. The van der Waals surface area contributed by atoms with Gasteiger partial charge in [-0.1, -0.05) is 30.3 Å². The minimum atomic E-state index is -0.865. The number of aliphatic carboxylic acids is 1. The second-order valence-corrected chi connectivity index (χ2v) is 4.29. The molecule has 92 valence electrons. The fraction of sp³-hybridized carbons (Fsp3) is 0.462. The highest BCUT2D eigenvalue weighted by molar-refractivity contribution is 5.72. The summed E-state index contributed by atoms with van der Waals surface area (Å²) < 4.78 is 5.18. The van der Waals surface area contributed by atoms with Crippen molar-refractivity contribution in [1.29, 1.82) is 0 Å². The first-order valence-corrected chi connectivity index (χ1v) is 5.87. The Hall–Kier alpha value is -1.39. The average Bonchev–Trinajstić information content (AvgIpc) is 2.38. The van der Waals surface area contributed by atoms with Crippen molar-refractivity contribution in [1.82, 2.24) is 5.32 Å². The van der Waals surface area contributed by atoms with Gasteiger partial charge in [0, 0.05) is 19.2 Å². The maximum atomic E-state index is 10.8. The van der Waals surface area contributed by atoms with E-state index in [1.54, 1.807) is 0 Å². The molecular formula is C13H17NO3. The van der Waals surface area contributed by atoms with E-state index in [9.17, 15) is 4.79 Å². The lowest BCUT2D eigenvalue weighted by atomic mass is 10.0. The summed E-state index contributed by atoms with van der Waals surface area (Å²) in [7, 11) is 0. The van der Waals surface area contributed by atoms with Crippen molar-refractivity contribution in [3.63, 3.8) is 0 Å². The molecule has 1 aromatic carbocycles. The maximum Gasteiger partial charge on any atom is 0.332 e. The molecule has 2 unspecified atom stereocenters. The third kappa shape index (κ3) is 3.54. The molecule has 1 aromatic rings.